The lowest BCUT2D eigenvalue weighted by Crippen LogP contribution is -2.03. The van der Waals surface area contributed by atoms with Crippen molar-refractivity contribution in [2.45, 2.75) is 12.8 Å². The van der Waals surface area contributed by atoms with Gasteiger partial charge in [-0.3, -0.25) is 0 Å². The molecule has 1 aromatic carbocycles. The number of ether oxygens (including phenoxy) is 1. The summed E-state index contributed by atoms with van der Waals surface area (Å²) in [4.78, 5) is 17.4. The van der Waals surface area contributed by atoms with E-state index in [-0.39, 0.29) is 11.4 Å². The molecule has 0 unspecified atom stereocenters. The number of hydrogen-bond donors (Lipinski definition) is 2. The lowest BCUT2D eigenvalue weighted by atomic mass is 10.1. The first-order chi connectivity index (χ1) is 9.11. The normalized spacial score (nSPS) is 10.4. The van der Waals surface area contributed by atoms with Gasteiger partial charge in [0.25, 0.3) is 0 Å². The van der Waals surface area contributed by atoms with Gasteiger partial charge in [0.15, 0.2) is 17.3 Å². The van der Waals surface area contributed by atoms with Gasteiger partial charge in [-0.15, -0.1) is 0 Å². The van der Waals surface area contributed by atoms with Crippen molar-refractivity contribution in [3.05, 3.63) is 47.3 Å². The number of benzene rings is 1. The number of aromatic amines is 1. The molecule has 2 rings (SSSR count). The summed E-state index contributed by atoms with van der Waals surface area (Å²) in [5.74, 6) is -1.31. The van der Waals surface area contributed by atoms with E-state index in [2.05, 4.69) is 9.97 Å². The first-order valence-electron chi connectivity index (χ1n) is 5.69. The van der Waals surface area contributed by atoms with Gasteiger partial charge in [0.2, 0.25) is 0 Å². The third-order valence-corrected chi connectivity index (χ3v) is 2.80. The van der Waals surface area contributed by atoms with E-state index in [1.165, 1.54) is 19.5 Å². The summed E-state index contributed by atoms with van der Waals surface area (Å²) in [6.07, 6.45) is 2.31. The Labute approximate surface area is 109 Å². The fourth-order valence-corrected chi connectivity index (χ4v) is 1.83. The lowest BCUT2D eigenvalue weighted by molar-refractivity contribution is 0.0690. The summed E-state index contributed by atoms with van der Waals surface area (Å²) in [7, 11) is 1.40. The average molecular weight is 264 g/mol. The molecule has 0 aliphatic heterocycles. The predicted molar refractivity (Wildman–Crippen MR) is 65.9 cm³/mol. The molecule has 19 heavy (non-hydrogen) atoms. The third kappa shape index (κ3) is 2.90. The maximum absolute atomic E-state index is 13.5. The standard InChI is InChI=1S/C13H13FN2O3/c1-19-11-5-3-8(6-9(11)14)2-4-10-12(13(17)18)16-7-15-10/h3,5-7H,2,4H2,1H3,(H,15,16)(H,17,18). The number of aromatic carboxylic acids is 1. The number of carbonyl (C=O) groups is 1. The fourth-order valence-electron chi connectivity index (χ4n) is 1.83. The van der Waals surface area contributed by atoms with Crippen LogP contribution in [-0.4, -0.2) is 28.2 Å². The van der Waals surface area contributed by atoms with E-state index in [1.54, 1.807) is 12.1 Å². The molecule has 0 saturated heterocycles. The minimum atomic E-state index is -1.07. The number of halogens is 1. The molecule has 1 heterocycles. The highest BCUT2D eigenvalue weighted by atomic mass is 19.1. The first kappa shape index (κ1) is 13.1. The SMILES string of the molecule is COc1ccc(CCc2[nH]cnc2C(=O)O)cc1F. The number of aromatic nitrogens is 2. The number of nitrogens with zero attached hydrogens (tertiary/aromatic N) is 1. The summed E-state index contributed by atoms with van der Waals surface area (Å²) < 4.78 is 18.3. The second-order valence-corrected chi connectivity index (χ2v) is 4.00. The maximum Gasteiger partial charge on any atom is 0.356 e. The van der Waals surface area contributed by atoms with Crippen LogP contribution in [-0.2, 0) is 12.8 Å². The number of carboxylic acids is 1. The summed E-state index contributed by atoms with van der Waals surface area (Å²) in [6.45, 7) is 0. The van der Waals surface area contributed by atoms with Crippen LogP contribution in [0.25, 0.3) is 0 Å². The molecule has 0 radical (unpaired) electrons. The van der Waals surface area contributed by atoms with Gasteiger partial charge >= 0.3 is 5.97 Å². The molecule has 1 aromatic heterocycles. The molecular weight excluding hydrogens is 251 g/mol. The maximum atomic E-state index is 13.5. The van der Waals surface area contributed by atoms with Crippen LogP contribution < -0.4 is 4.74 Å². The number of carboxylic acid groups (broad SMARTS) is 1. The Kier molecular flexibility index (Phi) is 3.79. The van der Waals surface area contributed by atoms with Crippen molar-refractivity contribution >= 4 is 5.97 Å². The van der Waals surface area contributed by atoms with Crippen LogP contribution in [0.3, 0.4) is 0 Å². The molecule has 5 nitrogen and oxygen atoms in total. The Morgan fingerprint density at radius 3 is 2.89 bits per heavy atom. The molecule has 2 aromatic rings. The van der Waals surface area contributed by atoms with Gasteiger partial charge in [-0.1, -0.05) is 6.07 Å². The highest BCUT2D eigenvalue weighted by molar-refractivity contribution is 5.86. The second-order valence-electron chi connectivity index (χ2n) is 4.00. The van der Waals surface area contributed by atoms with Gasteiger partial charge in [-0.2, -0.15) is 0 Å². The number of H-pyrrole nitrogens is 1. The van der Waals surface area contributed by atoms with E-state index >= 15 is 0 Å². The number of hydrogen-bond acceptors (Lipinski definition) is 3. The number of aryl methyl sites for hydroxylation is 2. The van der Waals surface area contributed by atoms with Crippen molar-refractivity contribution in [3.8, 4) is 5.75 Å². The zero-order chi connectivity index (χ0) is 13.8. The summed E-state index contributed by atoms with van der Waals surface area (Å²) in [5, 5.41) is 8.91. The molecule has 0 amide bonds. The van der Waals surface area contributed by atoms with E-state index in [1.807, 2.05) is 0 Å². The van der Waals surface area contributed by atoms with E-state index in [0.717, 1.165) is 5.56 Å². The van der Waals surface area contributed by atoms with Gasteiger partial charge < -0.3 is 14.8 Å². The van der Waals surface area contributed by atoms with Crippen molar-refractivity contribution in [2.24, 2.45) is 0 Å². The molecule has 0 fully saturated rings. The minimum absolute atomic E-state index is 0.00832. The molecule has 0 spiro atoms. The quantitative estimate of drug-likeness (QED) is 0.866. The molecule has 0 bridgehead atoms. The topological polar surface area (TPSA) is 75.2 Å². The Bertz CT molecular complexity index is 595. The van der Waals surface area contributed by atoms with Crippen molar-refractivity contribution in [3.63, 3.8) is 0 Å². The summed E-state index contributed by atoms with van der Waals surface area (Å²) in [6, 6.07) is 4.68. The van der Waals surface area contributed by atoms with Gasteiger partial charge in [0.1, 0.15) is 0 Å². The van der Waals surface area contributed by atoms with E-state index < -0.39 is 11.8 Å². The Balaban J connectivity index is 2.08. The molecule has 100 valence electrons. The van der Waals surface area contributed by atoms with E-state index in [0.29, 0.717) is 18.5 Å². The van der Waals surface area contributed by atoms with Crippen molar-refractivity contribution in [2.75, 3.05) is 7.11 Å². The zero-order valence-electron chi connectivity index (χ0n) is 10.3. The van der Waals surface area contributed by atoms with E-state index in [4.69, 9.17) is 9.84 Å². The van der Waals surface area contributed by atoms with Crippen molar-refractivity contribution in [1.82, 2.24) is 9.97 Å². The van der Waals surface area contributed by atoms with Gasteiger partial charge in [0.05, 0.1) is 13.4 Å². The molecular formula is C13H13FN2O3. The number of nitrogens with one attached hydrogen (secondary N) is 1. The van der Waals surface area contributed by atoms with Gasteiger partial charge in [-0.05, 0) is 30.5 Å². The zero-order valence-corrected chi connectivity index (χ0v) is 10.3. The highest BCUT2D eigenvalue weighted by Gasteiger charge is 2.13. The molecule has 0 aliphatic carbocycles. The average Bonchev–Trinajstić information content (AvgIpc) is 2.85. The van der Waals surface area contributed by atoms with Crippen molar-refractivity contribution in [1.29, 1.82) is 0 Å². The number of methoxy groups -OCH3 is 1. The molecule has 6 heteroatoms. The van der Waals surface area contributed by atoms with Gasteiger partial charge in [0, 0.05) is 5.69 Å². The summed E-state index contributed by atoms with van der Waals surface area (Å²) in [5.41, 5.74) is 1.31. The van der Waals surface area contributed by atoms with Gasteiger partial charge in [-0.25, -0.2) is 14.2 Å². The van der Waals surface area contributed by atoms with E-state index in [9.17, 15) is 9.18 Å². The van der Waals surface area contributed by atoms with Crippen molar-refractivity contribution < 1.29 is 19.0 Å². The number of rotatable bonds is 5. The molecule has 0 saturated carbocycles. The Morgan fingerprint density at radius 1 is 1.47 bits per heavy atom. The third-order valence-electron chi connectivity index (χ3n) is 2.80. The largest absolute Gasteiger partial charge is 0.494 e. The summed E-state index contributed by atoms with van der Waals surface area (Å²) >= 11 is 0. The Morgan fingerprint density at radius 2 is 2.26 bits per heavy atom. The highest BCUT2D eigenvalue weighted by Crippen LogP contribution is 2.19. The molecule has 0 aliphatic rings. The minimum Gasteiger partial charge on any atom is -0.494 e. The fraction of sp³-hybridized carbons (Fsp3) is 0.231. The van der Waals surface area contributed by atoms with Crippen LogP contribution in [0, 0.1) is 5.82 Å². The smallest absolute Gasteiger partial charge is 0.356 e. The predicted octanol–water partition coefficient (Wildman–Crippen LogP) is 2.04. The van der Waals surface area contributed by atoms with Crippen LogP contribution >= 0.6 is 0 Å². The van der Waals surface area contributed by atoms with Crippen LogP contribution in [0.4, 0.5) is 4.39 Å². The first-order valence-corrected chi connectivity index (χ1v) is 5.69. The Hall–Kier alpha value is -2.37. The molecule has 2 N–H and O–H groups in total. The van der Waals surface area contributed by atoms with Crippen LogP contribution in [0.5, 0.6) is 5.75 Å². The number of imidazole rings is 1. The van der Waals surface area contributed by atoms with Crippen LogP contribution in [0.15, 0.2) is 24.5 Å². The molecule has 0 atom stereocenters. The van der Waals surface area contributed by atoms with Crippen LogP contribution in [0.1, 0.15) is 21.7 Å². The monoisotopic (exact) mass is 264 g/mol. The second kappa shape index (κ2) is 5.51. The lowest BCUT2D eigenvalue weighted by Gasteiger charge is -2.05. The van der Waals surface area contributed by atoms with Crippen LogP contribution in [0.2, 0.25) is 0 Å².